The highest BCUT2D eigenvalue weighted by molar-refractivity contribution is 7.18. The van der Waals surface area contributed by atoms with Gasteiger partial charge in [0, 0.05) is 95.7 Å². The van der Waals surface area contributed by atoms with Gasteiger partial charge in [0.2, 0.25) is 0 Å². The fourth-order valence-electron chi connectivity index (χ4n) is 8.42. The number of allylic oxidation sites excluding steroid dienone is 10. The summed E-state index contributed by atoms with van der Waals surface area (Å²) < 4.78 is 31.9. The fourth-order valence-corrected chi connectivity index (χ4v) is 10.6. The maximum absolute atomic E-state index is 12.1. The molecule has 8 N–H and O–H groups in total. The molecule has 0 aliphatic heterocycles. The average Bonchev–Trinajstić information content (AvgIpc) is 2.33. The number of anilines is 3. The fraction of sp³-hybridized carbons (Fsp3) is 0.233. The summed E-state index contributed by atoms with van der Waals surface area (Å²) in [5.41, 5.74) is 18.3. The van der Waals surface area contributed by atoms with Crippen molar-refractivity contribution >= 4 is 98.4 Å². The number of nitrogens with one attached hydrogen (secondary N) is 3. The van der Waals surface area contributed by atoms with Crippen LogP contribution in [0.25, 0.3) is 38.1 Å². The molecule has 0 saturated carbocycles. The Morgan fingerprint density at radius 2 is 1.29 bits per heavy atom. The number of rotatable bonds is 17. The van der Waals surface area contributed by atoms with Gasteiger partial charge in [-0.3, -0.25) is 34.3 Å². The number of hydrogen-bond acceptors (Lipinski definition) is 16. The molecule has 8 aromatic rings. The van der Waals surface area contributed by atoms with E-state index < -0.39 is 36.2 Å². The number of thiophene rings is 2. The molecule has 22 nitrogen and oxygen atoms in total. The highest BCUT2D eigenvalue weighted by atomic mass is 35.5. The van der Waals surface area contributed by atoms with Crippen molar-refractivity contribution in [2.24, 2.45) is 17.4 Å². The first kappa shape index (κ1) is 62.9. The quantitative estimate of drug-likeness (QED) is 0.0365. The first-order chi connectivity index (χ1) is 41.2. The minimum absolute atomic E-state index is 0.117. The van der Waals surface area contributed by atoms with Gasteiger partial charge in [-0.1, -0.05) is 62.5 Å². The first-order valence-electron chi connectivity index (χ1n) is 26.8. The van der Waals surface area contributed by atoms with E-state index in [0.29, 0.717) is 75.6 Å². The zero-order chi connectivity index (χ0) is 61.0. The molecular weight excluding hydrogens is 1150 g/mol. The van der Waals surface area contributed by atoms with E-state index in [-0.39, 0.29) is 29.8 Å². The Morgan fingerprint density at radius 3 is 1.87 bits per heavy atom. The standard InChI is InChI=1S/C25H25ClN4O4S.C24H24N4O5S.C9H9N3O2.C2H6/c1-2-33-25(32)29-18-8-10-30-19(15-28-22(30)12-18)21-13-20(23(35-21)24(27)31)34-11-9-16-6-4-3-5-7-17(16)14-26;1-3-32-24(31)27-15-9-10-28-17(13-26-21(28)11-15)20-12-19(22(34-20)23(25)30)33-14(2)16-7-5-4-6-8-18(16)29;1-14-9(13)11-7-2-4-12-5-3-10-8(12)6-7;1-2/h3-8,10,12-13,15-16H,2,9,11,14H2,1H3,(H2,27,31)(H,29,32);4,6-14,29H,3,5H2,1-2H3,(H2,25,30)(H,27,31);2-6H,1H3,(H,11,13);1-2H3. The normalized spacial score (nSPS) is 13.6. The SMILES string of the molecule is CC.CCOC(=O)Nc1ccn2c(-c3cc(OC(C)C4=CCC=CC=C4O)c(C(N)=O)s3)cnc2c1.CCOC(=O)Nc1ccn2c(-c3cc(OCCC4C=CC=CC=C4CCl)c(C(N)=O)s3)cnc2c1.COC(=O)Nc1ccn2ccnc2c1. The van der Waals surface area contributed by atoms with Gasteiger partial charge in [0.25, 0.3) is 11.8 Å². The maximum atomic E-state index is 12.1. The third-order valence-corrected chi connectivity index (χ3v) is 15.0. The van der Waals surface area contributed by atoms with Crippen LogP contribution in [0, 0.1) is 5.92 Å². The predicted molar refractivity (Wildman–Crippen MR) is 331 cm³/mol. The van der Waals surface area contributed by atoms with E-state index >= 15 is 0 Å². The summed E-state index contributed by atoms with van der Waals surface area (Å²) in [6, 6.07) is 14.0. The Kier molecular flexibility index (Phi) is 22.7. The smallest absolute Gasteiger partial charge is 0.411 e. The van der Waals surface area contributed by atoms with Gasteiger partial charge in [0.15, 0.2) is 0 Å². The Morgan fingerprint density at radius 1 is 0.729 bits per heavy atom. The second-order valence-corrected chi connectivity index (χ2v) is 20.2. The van der Waals surface area contributed by atoms with Crippen molar-refractivity contribution < 1.29 is 52.8 Å². The molecule has 2 aliphatic carbocycles. The molecule has 0 saturated heterocycles. The van der Waals surface area contributed by atoms with Crippen molar-refractivity contribution in [1.29, 1.82) is 0 Å². The number of nitrogens with two attached hydrogens (primary N) is 2. The van der Waals surface area contributed by atoms with Gasteiger partial charge in [-0.2, -0.15) is 0 Å². The van der Waals surface area contributed by atoms with Crippen molar-refractivity contribution in [3.8, 4) is 32.6 Å². The number of carbonyl (C=O) groups is 5. The highest BCUT2D eigenvalue weighted by Gasteiger charge is 2.24. The number of carbonyl (C=O) groups excluding carboxylic acids is 5. The number of nitrogens with zero attached hydrogens (tertiary/aromatic N) is 6. The largest absolute Gasteiger partial charge is 0.508 e. The molecule has 2 unspecified atom stereocenters. The van der Waals surface area contributed by atoms with Crippen LogP contribution < -0.4 is 36.9 Å². The van der Waals surface area contributed by atoms with Crippen LogP contribution in [0.1, 0.15) is 66.8 Å². The van der Waals surface area contributed by atoms with E-state index in [2.05, 4.69) is 41.7 Å². The molecule has 25 heteroatoms. The van der Waals surface area contributed by atoms with Gasteiger partial charge < -0.3 is 44.7 Å². The van der Waals surface area contributed by atoms with Crippen molar-refractivity contribution in [2.45, 2.75) is 53.6 Å². The third-order valence-electron chi connectivity index (χ3n) is 12.3. The molecule has 0 radical (unpaired) electrons. The minimum atomic E-state index is -0.607. The summed E-state index contributed by atoms with van der Waals surface area (Å²) in [7, 11) is 1.32. The molecule has 444 valence electrons. The summed E-state index contributed by atoms with van der Waals surface area (Å²) in [5.74, 6) is 0.344. The lowest BCUT2D eigenvalue weighted by atomic mass is 9.97. The number of fused-ring (bicyclic) bond motifs is 3. The maximum Gasteiger partial charge on any atom is 0.411 e. The summed E-state index contributed by atoms with van der Waals surface area (Å²) in [5, 5.41) is 18.1. The number of alkyl halides is 1. The zero-order valence-electron chi connectivity index (χ0n) is 47.3. The van der Waals surface area contributed by atoms with E-state index in [9.17, 15) is 29.1 Å². The van der Waals surface area contributed by atoms with Gasteiger partial charge in [-0.15, -0.1) is 34.3 Å². The van der Waals surface area contributed by atoms with Gasteiger partial charge >= 0.3 is 18.3 Å². The number of halogens is 1. The van der Waals surface area contributed by atoms with Crippen LogP contribution in [0.5, 0.6) is 11.5 Å². The third kappa shape index (κ3) is 16.5. The Labute approximate surface area is 502 Å². The molecule has 0 fully saturated rings. The second kappa shape index (κ2) is 30.6. The zero-order valence-corrected chi connectivity index (χ0v) is 49.7. The Hall–Kier alpha value is -9.65. The summed E-state index contributed by atoms with van der Waals surface area (Å²) in [6.07, 6.45) is 28.8. The molecule has 0 spiro atoms. The van der Waals surface area contributed by atoms with Crippen molar-refractivity contribution in [1.82, 2.24) is 28.2 Å². The number of amides is 5. The molecule has 0 bridgehead atoms. The van der Waals surface area contributed by atoms with Crippen molar-refractivity contribution in [2.75, 3.05) is 48.8 Å². The number of imidazole rings is 3. The summed E-state index contributed by atoms with van der Waals surface area (Å²) in [6.45, 7) is 10.2. The topological polar surface area (TPSA) is 292 Å². The molecule has 85 heavy (non-hydrogen) atoms. The average molecular weight is 1210 g/mol. The van der Waals surface area contributed by atoms with Gasteiger partial charge in [-0.25, -0.2) is 29.3 Å². The minimum Gasteiger partial charge on any atom is -0.508 e. The molecular formula is C60H64ClN11O11S2. The predicted octanol–water partition coefficient (Wildman–Crippen LogP) is 12.8. The van der Waals surface area contributed by atoms with E-state index in [0.717, 1.165) is 32.4 Å². The monoisotopic (exact) mass is 1210 g/mol. The van der Waals surface area contributed by atoms with Crippen molar-refractivity contribution in [3.63, 3.8) is 0 Å². The van der Waals surface area contributed by atoms with Gasteiger partial charge in [0.05, 0.1) is 60.5 Å². The molecule has 10 rings (SSSR count). The lowest BCUT2D eigenvalue weighted by molar-refractivity contribution is 0.0991. The van der Waals surface area contributed by atoms with Crippen LogP contribution in [-0.2, 0) is 14.2 Å². The van der Waals surface area contributed by atoms with Crippen LogP contribution in [-0.4, -0.2) is 102 Å². The van der Waals surface area contributed by atoms with Crippen LogP contribution in [0.4, 0.5) is 31.4 Å². The van der Waals surface area contributed by atoms with E-state index in [1.807, 2.05) is 82.0 Å². The number of methoxy groups -OCH3 is 1. The van der Waals surface area contributed by atoms with Crippen LogP contribution in [0.3, 0.4) is 0 Å². The lowest BCUT2D eigenvalue weighted by Crippen LogP contribution is -2.18. The highest BCUT2D eigenvalue weighted by Crippen LogP contribution is 2.39. The lowest BCUT2D eigenvalue weighted by Gasteiger charge is -2.17. The Bertz CT molecular complexity index is 3870. The molecule has 8 heterocycles. The molecule has 2 atom stereocenters. The summed E-state index contributed by atoms with van der Waals surface area (Å²) >= 11 is 8.54. The second-order valence-electron chi connectivity index (χ2n) is 17.9. The van der Waals surface area contributed by atoms with Gasteiger partial charge in [-0.05, 0) is 63.5 Å². The van der Waals surface area contributed by atoms with Crippen LogP contribution in [0.15, 0.2) is 163 Å². The number of aliphatic hydroxyl groups is 1. The van der Waals surface area contributed by atoms with Crippen molar-refractivity contribution in [3.05, 3.63) is 173 Å². The molecule has 2 aliphatic rings. The number of pyridine rings is 3. The molecule has 8 aromatic heterocycles. The molecule has 5 amide bonds. The van der Waals surface area contributed by atoms with E-state index in [4.69, 9.17) is 42.0 Å². The molecule has 0 aromatic carbocycles. The number of ether oxygens (including phenoxy) is 5. The first-order valence-corrected chi connectivity index (χ1v) is 29.0. The number of primary amides is 2. The number of hydrogen-bond donors (Lipinski definition) is 6. The van der Waals surface area contributed by atoms with E-state index in [1.165, 1.54) is 29.8 Å². The van der Waals surface area contributed by atoms with Crippen LogP contribution >= 0.6 is 34.3 Å². The Balaban J connectivity index is 0.000000194. The summed E-state index contributed by atoms with van der Waals surface area (Å²) in [4.78, 5) is 73.6. The van der Waals surface area contributed by atoms with E-state index in [1.54, 1.807) is 106 Å². The number of aliphatic hydroxyl groups excluding tert-OH is 1. The number of aromatic nitrogens is 6. The van der Waals surface area contributed by atoms with Gasteiger partial charge in [0.1, 0.15) is 50.1 Å². The van der Waals surface area contributed by atoms with Crippen LogP contribution in [0.2, 0.25) is 0 Å².